The Morgan fingerprint density at radius 1 is 0.824 bits per heavy atom. The quantitative estimate of drug-likeness (QED) is 0.296. The first-order valence-electron chi connectivity index (χ1n) is 11.1. The Kier molecular flexibility index (Phi) is 5.08. The predicted molar refractivity (Wildman–Crippen MR) is 121 cm³/mol. The van der Waals surface area contributed by atoms with Crippen LogP contribution in [0.1, 0.15) is 48.1 Å². The van der Waals surface area contributed by atoms with Gasteiger partial charge in [-0.15, -0.1) is 0 Å². The van der Waals surface area contributed by atoms with Crippen LogP contribution in [-0.4, -0.2) is 20.6 Å². The highest BCUT2D eigenvalue weighted by Crippen LogP contribution is 2.43. The van der Waals surface area contributed by atoms with E-state index in [1.165, 1.54) is 0 Å². The van der Waals surface area contributed by atoms with Crippen molar-refractivity contribution in [3.63, 3.8) is 0 Å². The molecule has 0 spiro atoms. The van der Waals surface area contributed by atoms with Gasteiger partial charge in [0.05, 0.1) is 10.9 Å². The average Bonchev–Trinajstić information content (AvgIpc) is 2.82. The molecule has 3 aromatic rings. The number of benzene rings is 3. The molecule has 2 nitrogen and oxygen atoms in total. The first-order valence-corrected chi connectivity index (χ1v) is 11.1. The molecule has 0 fully saturated rings. The highest BCUT2D eigenvalue weighted by Gasteiger charge is 2.37. The molecule has 0 radical (unpaired) electrons. The van der Waals surface area contributed by atoms with Crippen molar-refractivity contribution < 1.29 is 22.0 Å². The smallest absolute Gasteiger partial charge is 0.200 e. The van der Waals surface area contributed by atoms with Crippen LogP contribution in [-0.2, 0) is 11.8 Å². The third kappa shape index (κ3) is 3.09. The Morgan fingerprint density at radius 2 is 1.47 bits per heavy atom. The van der Waals surface area contributed by atoms with E-state index in [2.05, 4.69) is 4.99 Å². The highest BCUT2D eigenvalue weighted by atomic mass is 19.2. The molecule has 34 heavy (non-hydrogen) atoms. The number of fused-ring (bicyclic) bond motifs is 3. The van der Waals surface area contributed by atoms with Crippen molar-refractivity contribution >= 4 is 11.3 Å². The van der Waals surface area contributed by atoms with Crippen LogP contribution >= 0.6 is 0 Å². The molecule has 7 heteroatoms. The molecule has 0 unspecified atom stereocenters. The van der Waals surface area contributed by atoms with E-state index >= 15 is 8.78 Å². The van der Waals surface area contributed by atoms with Gasteiger partial charge in [0.2, 0.25) is 5.82 Å². The van der Waals surface area contributed by atoms with Crippen molar-refractivity contribution in [1.82, 2.24) is 0 Å². The molecule has 3 aromatic carbocycles. The van der Waals surface area contributed by atoms with E-state index in [0.29, 0.717) is 17.3 Å². The van der Waals surface area contributed by atoms with Crippen molar-refractivity contribution in [2.24, 2.45) is 4.99 Å². The molecular weight excluding hydrogens is 447 g/mol. The van der Waals surface area contributed by atoms with E-state index in [1.54, 1.807) is 12.1 Å². The van der Waals surface area contributed by atoms with E-state index in [0.717, 1.165) is 40.6 Å². The number of hydrogen-bond acceptors (Lipinski definition) is 2. The van der Waals surface area contributed by atoms with Gasteiger partial charge in [-0.05, 0) is 64.6 Å². The highest BCUT2D eigenvalue weighted by molar-refractivity contribution is 5.86. The fourth-order valence-electron chi connectivity index (χ4n) is 5.10. The maximum Gasteiger partial charge on any atom is 0.200 e. The second-order valence-electron chi connectivity index (χ2n) is 9.58. The SMILES string of the molecule is CN(C)c1ccc2c(c1)C(C)(C)c1cc3c(cc1=C2c1c(F)c(F)c(F)c(F)c1F)CCCN=3. The summed E-state index contributed by atoms with van der Waals surface area (Å²) in [4.78, 5) is 6.50. The summed E-state index contributed by atoms with van der Waals surface area (Å²) in [5.41, 5.74) is 2.17. The Bertz CT molecular complexity index is 1460. The Balaban J connectivity index is 2.02. The van der Waals surface area contributed by atoms with E-state index in [-0.39, 0.29) is 5.57 Å². The number of halogens is 5. The van der Waals surface area contributed by atoms with E-state index < -0.39 is 40.1 Å². The molecule has 0 aromatic heterocycles. The summed E-state index contributed by atoms with van der Waals surface area (Å²) in [5, 5.41) is 1.27. The molecule has 0 saturated heterocycles. The molecule has 0 bridgehead atoms. The summed E-state index contributed by atoms with van der Waals surface area (Å²) in [6.45, 7) is 4.67. The number of hydrogen-bond donors (Lipinski definition) is 0. The Labute approximate surface area is 194 Å². The van der Waals surface area contributed by atoms with E-state index in [9.17, 15) is 13.2 Å². The van der Waals surface area contributed by atoms with Gasteiger partial charge in [0.25, 0.3) is 0 Å². The predicted octanol–water partition coefficient (Wildman–Crippen LogP) is 4.90. The molecule has 176 valence electrons. The zero-order valence-electron chi connectivity index (χ0n) is 19.3. The van der Waals surface area contributed by atoms with Gasteiger partial charge in [-0.2, -0.15) is 0 Å². The lowest BCUT2D eigenvalue weighted by Crippen LogP contribution is -2.38. The summed E-state index contributed by atoms with van der Waals surface area (Å²) in [5.74, 6) is -9.73. The summed E-state index contributed by atoms with van der Waals surface area (Å²) in [6.07, 6.45) is 1.55. The molecule has 2 aliphatic rings. The third-order valence-corrected chi connectivity index (χ3v) is 6.97. The van der Waals surface area contributed by atoms with Crippen LogP contribution in [0.5, 0.6) is 0 Å². The number of nitrogens with zero attached hydrogens (tertiary/aromatic N) is 2. The largest absolute Gasteiger partial charge is 0.378 e. The fourth-order valence-corrected chi connectivity index (χ4v) is 5.10. The number of aryl methyl sites for hydroxylation is 1. The van der Waals surface area contributed by atoms with Crippen LogP contribution in [0, 0.1) is 29.1 Å². The van der Waals surface area contributed by atoms with Crippen molar-refractivity contribution in [3.05, 3.63) is 97.8 Å². The molecular formula is C27H23F5N2. The fraction of sp³-hybridized carbons (Fsp3) is 0.296. The minimum Gasteiger partial charge on any atom is -0.378 e. The van der Waals surface area contributed by atoms with E-state index in [1.807, 2.05) is 51.0 Å². The van der Waals surface area contributed by atoms with Crippen molar-refractivity contribution in [1.29, 1.82) is 0 Å². The van der Waals surface area contributed by atoms with Crippen LogP contribution in [0.4, 0.5) is 27.6 Å². The molecule has 0 N–H and O–H groups in total. The molecule has 1 heterocycles. The van der Waals surface area contributed by atoms with Gasteiger partial charge in [0, 0.05) is 37.3 Å². The maximum absolute atomic E-state index is 15.1. The lowest BCUT2D eigenvalue weighted by Gasteiger charge is -2.36. The van der Waals surface area contributed by atoms with Crippen LogP contribution in [0.15, 0.2) is 35.3 Å². The zero-order chi connectivity index (χ0) is 24.5. The molecule has 0 atom stereocenters. The third-order valence-electron chi connectivity index (χ3n) is 6.97. The lowest BCUT2D eigenvalue weighted by atomic mass is 9.68. The van der Waals surface area contributed by atoms with Gasteiger partial charge >= 0.3 is 0 Å². The normalized spacial score (nSPS) is 15.9. The first kappa shape index (κ1) is 22.6. The second-order valence-corrected chi connectivity index (χ2v) is 9.58. The van der Waals surface area contributed by atoms with Crippen molar-refractivity contribution in [2.45, 2.75) is 32.1 Å². The summed E-state index contributed by atoms with van der Waals surface area (Å²) in [7, 11) is 3.74. The van der Waals surface area contributed by atoms with Crippen LogP contribution in [0.2, 0.25) is 0 Å². The molecule has 1 aliphatic carbocycles. The summed E-state index contributed by atoms with van der Waals surface area (Å²) >= 11 is 0. The van der Waals surface area contributed by atoms with Gasteiger partial charge in [0.15, 0.2) is 23.3 Å². The zero-order valence-corrected chi connectivity index (χ0v) is 19.3. The second kappa shape index (κ2) is 7.65. The molecule has 0 amide bonds. The van der Waals surface area contributed by atoms with E-state index in [4.69, 9.17) is 0 Å². The number of anilines is 1. The van der Waals surface area contributed by atoms with Gasteiger partial charge in [-0.3, -0.25) is 4.99 Å². The van der Waals surface area contributed by atoms with Crippen molar-refractivity contribution in [3.8, 4) is 0 Å². The first-order chi connectivity index (χ1) is 16.0. The lowest BCUT2D eigenvalue weighted by molar-refractivity contribution is 0.376. The topological polar surface area (TPSA) is 15.6 Å². The van der Waals surface area contributed by atoms with Gasteiger partial charge in [-0.25, -0.2) is 22.0 Å². The number of rotatable bonds is 2. The maximum atomic E-state index is 15.1. The minimum absolute atomic E-state index is 0.0100. The summed E-state index contributed by atoms with van der Waals surface area (Å²) in [6, 6.07) is 9.10. The van der Waals surface area contributed by atoms with Crippen LogP contribution in [0.25, 0.3) is 5.57 Å². The minimum atomic E-state index is -2.16. The Hall–Kier alpha value is -3.22. The van der Waals surface area contributed by atoms with Crippen molar-refractivity contribution in [2.75, 3.05) is 25.5 Å². The van der Waals surface area contributed by atoms with Gasteiger partial charge in [-0.1, -0.05) is 19.9 Å². The van der Waals surface area contributed by atoms with Gasteiger partial charge < -0.3 is 4.90 Å². The van der Waals surface area contributed by atoms with Crippen LogP contribution < -0.4 is 15.5 Å². The molecule has 1 aliphatic heterocycles. The van der Waals surface area contributed by atoms with Crippen LogP contribution in [0.3, 0.4) is 0 Å². The summed E-state index contributed by atoms with van der Waals surface area (Å²) < 4.78 is 72.8. The average molecular weight is 470 g/mol. The Morgan fingerprint density at radius 3 is 2.12 bits per heavy atom. The molecule has 5 rings (SSSR count). The standard InChI is InChI=1S/C27H23F5N2/c1-27(2)17-11-14(34(3)4)7-8-15(17)20(21-22(28)24(30)26(32)25(31)23(21)29)16-10-13-6-5-9-33-19(13)12-18(16)27/h7-8,10-12H,5-6,9H2,1-4H3. The van der Waals surface area contributed by atoms with Gasteiger partial charge in [0.1, 0.15) is 0 Å². The monoisotopic (exact) mass is 470 g/mol. The molecule has 0 saturated carbocycles.